The molecule has 1 N–H and O–H groups in total. The van der Waals surface area contributed by atoms with E-state index in [4.69, 9.17) is 16.3 Å². The number of halogens is 2. The summed E-state index contributed by atoms with van der Waals surface area (Å²) in [4.78, 5) is 0. The molecule has 0 unspecified atom stereocenters. The molecule has 0 bridgehead atoms. The summed E-state index contributed by atoms with van der Waals surface area (Å²) in [6.45, 7) is 4.64. The Morgan fingerprint density at radius 1 is 1.23 bits per heavy atom. The maximum atomic E-state index is 13.6. The van der Waals surface area contributed by atoms with Crippen molar-refractivity contribution in [1.29, 1.82) is 0 Å². The number of methoxy groups -OCH3 is 1. The minimum atomic E-state index is -0.401. The second kappa shape index (κ2) is 7.89. The van der Waals surface area contributed by atoms with Crippen molar-refractivity contribution in [2.24, 2.45) is 0 Å². The van der Waals surface area contributed by atoms with Gasteiger partial charge in [0.15, 0.2) is 0 Å². The van der Waals surface area contributed by atoms with Gasteiger partial charge in [-0.05, 0) is 55.8 Å². The fourth-order valence-electron chi connectivity index (χ4n) is 2.86. The molecule has 0 aliphatic rings. The van der Waals surface area contributed by atoms with Crippen LogP contribution < -0.4 is 10.1 Å². The van der Waals surface area contributed by atoms with Crippen LogP contribution in [0.4, 0.5) is 4.39 Å². The number of aromatic nitrogens is 2. The van der Waals surface area contributed by atoms with Crippen molar-refractivity contribution in [1.82, 2.24) is 15.1 Å². The highest BCUT2D eigenvalue weighted by Crippen LogP contribution is 2.22. The molecule has 2 aromatic carbocycles. The molecule has 136 valence electrons. The van der Waals surface area contributed by atoms with Crippen molar-refractivity contribution in [2.75, 3.05) is 7.11 Å². The molecule has 0 saturated heterocycles. The number of nitrogens with one attached hydrogen (secondary N) is 1. The van der Waals surface area contributed by atoms with Gasteiger partial charge in [0, 0.05) is 23.8 Å². The summed E-state index contributed by atoms with van der Waals surface area (Å²) in [7, 11) is 1.65. The first kappa shape index (κ1) is 18.4. The molecule has 26 heavy (non-hydrogen) atoms. The van der Waals surface area contributed by atoms with E-state index in [1.54, 1.807) is 13.2 Å². The van der Waals surface area contributed by atoms with Crippen LogP contribution in [-0.4, -0.2) is 16.9 Å². The van der Waals surface area contributed by atoms with Crippen molar-refractivity contribution in [3.63, 3.8) is 0 Å². The lowest BCUT2D eigenvalue weighted by Crippen LogP contribution is -2.18. The van der Waals surface area contributed by atoms with E-state index in [2.05, 4.69) is 17.3 Å². The van der Waals surface area contributed by atoms with E-state index >= 15 is 0 Å². The van der Waals surface area contributed by atoms with Gasteiger partial charge in [0.2, 0.25) is 0 Å². The zero-order valence-corrected chi connectivity index (χ0v) is 15.7. The molecule has 0 amide bonds. The van der Waals surface area contributed by atoms with Crippen LogP contribution in [0.2, 0.25) is 5.02 Å². The molecule has 1 aromatic heterocycles. The fourth-order valence-corrected chi connectivity index (χ4v) is 2.98. The van der Waals surface area contributed by atoms with E-state index in [9.17, 15) is 4.39 Å². The zero-order valence-electron chi connectivity index (χ0n) is 15.0. The Hall–Kier alpha value is -2.37. The van der Waals surface area contributed by atoms with Crippen molar-refractivity contribution < 1.29 is 9.13 Å². The first-order chi connectivity index (χ1) is 12.5. The lowest BCUT2D eigenvalue weighted by molar-refractivity contribution is 0.414. The molecule has 3 rings (SSSR count). The maximum absolute atomic E-state index is 13.6. The lowest BCUT2D eigenvalue weighted by atomic mass is 10.1. The highest BCUT2D eigenvalue weighted by Gasteiger charge is 2.14. The molecular weight excluding hydrogens is 353 g/mol. The van der Waals surface area contributed by atoms with Gasteiger partial charge in [0.05, 0.1) is 24.0 Å². The second-order valence-electron chi connectivity index (χ2n) is 6.15. The number of benzene rings is 2. The van der Waals surface area contributed by atoms with Gasteiger partial charge in [-0.1, -0.05) is 17.7 Å². The van der Waals surface area contributed by atoms with Gasteiger partial charge in [-0.15, -0.1) is 0 Å². The van der Waals surface area contributed by atoms with Gasteiger partial charge in [-0.3, -0.25) is 0 Å². The molecule has 0 saturated carbocycles. The summed E-state index contributed by atoms with van der Waals surface area (Å²) in [5.74, 6) is 0.408. The van der Waals surface area contributed by atoms with Gasteiger partial charge in [0.1, 0.15) is 11.6 Å². The molecule has 1 atom stereocenters. The van der Waals surface area contributed by atoms with Crippen molar-refractivity contribution in [2.45, 2.75) is 26.4 Å². The van der Waals surface area contributed by atoms with E-state index in [1.165, 1.54) is 6.07 Å². The van der Waals surface area contributed by atoms with E-state index in [0.717, 1.165) is 28.3 Å². The smallest absolute Gasteiger partial charge is 0.142 e. The number of ether oxygens (including phenoxy) is 1. The van der Waals surface area contributed by atoms with Gasteiger partial charge in [-0.2, -0.15) is 5.10 Å². The van der Waals surface area contributed by atoms with Crippen molar-refractivity contribution in [3.05, 3.63) is 76.3 Å². The Kier molecular flexibility index (Phi) is 5.59. The third kappa shape index (κ3) is 3.89. The molecule has 4 nitrogen and oxygen atoms in total. The highest BCUT2D eigenvalue weighted by atomic mass is 35.5. The normalized spacial score (nSPS) is 12.2. The first-order valence-electron chi connectivity index (χ1n) is 8.36. The molecule has 0 radical (unpaired) electrons. The van der Waals surface area contributed by atoms with Gasteiger partial charge < -0.3 is 10.1 Å². The minimum Gasteiger partial charge on any atom is -0.497 e. The average Bonchev–Trinajstić information content (AvgIpc) is 3.04. The Morgan fingerprint density at radius 2 is 1.96 bits per heavy atom. The van der Waals surface area contributed by atoms with Crippen LogP contribution in [0.5, 0.6) is 5.75 Å². The largest absolute Gasteiger partial charge is 0.497 e. The standard InChI is InChI=1S/C20H21ClFN3O/c1-13(23-11-15-4-9-19(21)20(22)10-15)18-12-24-25(14(18)2)16-5-7-17(26-3)8-6-16/h4-10,12-13,23H,11H2,1-3H3/t13-/m0/s1. The molecule has 0 fully saturated rings. The monoisotopic (exact) mass is 373 g/mol. The molecule has 0 spiro atoms. The van der Waals surface area contributed by atoms with Gasteiger partial charge in [0.25, 0.3) is 0 Å². The Balaban J connectivity index is 1.72. The van der Waals surface area contributed by atoms with E-state index in [0.29, 0.717) is 6.54 Å². The maximum Gasteiger partial charge on any atom is 0.142 e. The number of hydrogen-bond acceptors (Lipinski definition) is 3. The zero-order chi connectivity index (χ0) is 18.7. The minimum absolute atomic E-state index is 0.0701. The summed E-state index contributed by atoms with van der Waals surface area (Å²) in [5.41, 5.74) is 3.97. The molecule has 3 aromatic rings. The predicted molar refractivity (Wildman–Crippen MR) is 102 cm³/mol. The van der Waals surface area contributed by atoms with Gasteiger partial charge >= 0.3 is 0 Å². The summed E-state index contributed by atoms with van der Waals surface area (Å²) in [5, 5.41) is 8.04. The van der Waals surface area contributed by atoms with E-state index in [1.807, 2.05) is 48.1 Å². The third-order valence-corrected chi connectivity index (χ3v) is 4.73. The van der Waals surface area contributed by atoms with Crippen LogP contribution in [-0.2, 0) is 6.54 Å². The molecule has 0 aliphatic heterocycles. The van der Waals surface area contributed by atoms with Crippen LogP contribution in [0.25, 0.3) is 5.69 Å². The lowest BCUT2D eigenvalue weighted by Gasteiger charge is -2.14. The average molecular weight is 374 g/mol. The Bertz CT molecular complexity index is 893. The van der Waals surface area contributed by atoms with E-state index in [-0.39, 0.29) is 11.1 Å². The predicted octanol–water partition coefficient (Wildman–Crippen LogP) is 4.83. The van der Waals surface area contributed by atoms with Gasteiger partial charge in [-0.25, -0.2) is 9.07 Å². The summed E-state index contributed by atoms with van der Waals surface area (Å²) in [6, 6.07) is 12.7. The summed E-state index contributed by atoms with van der Waals surface area (Å²) in [6.07, 6.45) is 1.86. The quantitative estimate of drug-likeness (QED) is 0.672. The van der Waals surface area contributed by atoms with Crippen LogP contribution >= 0.6 is 11.6 Å². The topological polar surface area (TPSA) is 39.1 Å². The highest BCUT2D eigenvalue weighted by molar-refractivity contribution is 6.30. The third-order valence-electron chi connectivity index (χ3n) is 4.43. The summed E-state index contributed by atoms with van der Waals surface area (Å²) >= 11 is 5.73. The van der Waals surface area contributed by atoms with Crippen LogP contribution in [0.15, 0.2) is 48.7 Å². The number of rotatable bonds is 6. The van der Waals surface area contributed by atoms with Crippen molar-refractivity contribution in [3.8, 4) is 11.4 Å². The van der Waals surface area contributed by atoms with Crippen LogP contribution in [0.3, 0.4) is 0 Å². The number of nitrogens with zero attached hydrogens (tertiary/aromatic N) is 2. The molecule has 1 heterocycles. The Labute approximate surface area is 157 Å². The molecule has 0 aliphatic carbocycles. The van der Waals surface area contributed by atoms with Crippen molar-refractivity contribution >= 4 is 11.6 Å². The summed E-state index contributed by atoms with van der Waals surface area (Å²) < 4.78 is 20.6. The second-order valence-corrected chi connectivity index (χ2v) is 6.55. The van der Waals surface area contributed by atoms with E-state index < -0.39 is 5.82 Å². The SMILES string of the molecule is COc1ccc(-n2ncc([C@H](C)NCc3ccc(Cl)c(F)c3)c2C)cc1. The molecular formula is C20H21ClFN3O. The first-order valence-corrected chi connectivity index (χ1v) is 8.73. The fraction of sp³-hybridized carbons (Fsp3) is 0.250. The Morgan fingerprint density at radius 3 is 2.62 bits per heavy atom. The van der Waals surface area contributed by atoms with Crippen LogP contribution in [0.1, 0.15) is 29.8 Å². The molecule has 6 heteroatoms. The van der Waals surface area contributed by atoms with Crippen LogP contribution in [0, 0.1) is 12.7 Å². The number of hydrogen-bond donors (Lipinski definition) is 1.